The summed E-state index contributed by atoms with van der Waals surface area (Å²) in [6, 6.07) is 15.2. The molecule has 2 aliphatic heterocycles. The molecule has 2 aromatic heterocycles. The van der Waals surface area contributed by atoms with Gasteiger partial charge in [-0.3, -0.25) is 15.0 Å². The van der Waals surface area contributed by atoms with Crippen LogP contribution in [0.4, 0.5) is 5.69 Å². The molecular weight excluding hydrogens is 480 g/mol. The Balaban J connectivity index is 1.39. The summed E-state index contributed by atoms with van der Waals surface area (Å²) in [5, 5.41) is 8.04. The minimum atomic E-state index is 0.702. The predicted molar refractivity (Wildman–Crippen MR) is 156 cm³/mol. The first kappa shape index (κ1) is 24.8. The molecule has 0 atom stereocenters. The number of aromatic nitrogens is 2. The minimum absolute atomic E-state index is 0.702. The van der Waals surface area contributed by atoms with Crippen molar-refractivity contribution in [1.82, 2.24) is 9.97 Å². The fourth-order valence-electron chi connectivity index (χ4n) is 4.68. The van der Waals surface area contributed by atoms with Gasteiger partial charge in [-0.25, -0.2) is 0 Å². The van der Waals surface area contributed by atoms with Crippen LogP contribution < -0.4 is 5.32 Å². The van der Waals surface area contributed by atoms with Crippen molar-refractivity contribution >= 4 is 35.4 Å². The molecule has 0 unspecified atom stereocenters. The van der Waals surface area contributed by atoms with Crippen LogP contribution in [0.15, 0.2) is 86.7 Å². The minimum Gasteiger partial charge on any atom is -0.379 e. The Hall–Kier alpha value is -2.83. The molecule has 5 rings (SSSR count). The second-order valence-electron chi connectivity index (χ2n) is 9.04. The highest BCUT2D eigenvalue weighted by Gasteiger charge is 2.13. The van der Waals surface area contributed by atoms with Crippen LogP contribution in [-0.2, 0) is 25.8 Å². The first-order chi connectivity index (χ1) is 17.9. The van der Waals surface area contributed by atoms with Gasteiger partial charge in [0.15, 0.2) is 0 Å². The van der Waals surface area contributed by atoms with Gasteiger partial charge < -0.3 is 5.32 Å². The van der Waals surface area contributed by atoms with E-state index in [1.807, 2.05) is 60.5 Å². The lowest BCUT2D eigenvalue weighted by Crippen LogP contribution is -2.07. The molecule has 0 bridgehead atoms. The normalized spacial score (nSPS) is 18.1. The number of aliphatic imine (C=N–C) groups is 1. The maximum absolute atomic E-state index is 4.80. The summed E-state index contributed by atoms with van der Waals surface area (Å²) in [6.07, 6.45) is 15.2. The molecule has 0 spiro atoms. The van der Waals surface area contributed by atoms with E-state index in [-0.39, 0.29) is 0 Å². The average molecular weight is 513 g/mol. The molecule has 0 amide bonds. The highest BCUT2D eigenvalue weighted by atomic mass is 32.2. The second kappa shape index (κ2) is 12.9. The van der Waals surface area contributed by atoms with Crippen LogP contribution in [0, 0.1) is 0 Å². The first-order valence-corrected chi connectivity index (χ1v) is 14.5. The van der Waals surface area contributed by atoms with Gasteiger partial charge in [-0.15, -0.1) is 23.5 Å². The summed E-state index contributed by atoms with van der Waals surface area (Å²) in [5.41, 5.74) is 7.49. The molecule has 0 fully saturated rings. The number of benzene rings is 1. The van der Waals surface area contributed by atoms with Gasteiger partial charge in [0.2, 0.25) is 0 Å². The van der Waals surface area contributed by atoms with Crippen LogP contribution in [0.5, 0.6) is 0 Å². The summed E-state index contributed by atoms with van der Waals surface area (Å²) in [7, 11) is 0. The monoisotopic (exact) mass is 512 g/mol. The van der Waals surface area contributed by atoms with Gasteiger partial charge in [-0.1, -0.05) is 24.3 Å². The maximum atomic E-state index is 4.80. The molecule has 0 radical (unpaired) electrons. The number of rotatable bonds is 0. The summed E-state index contributed by atoms with van der Waals surface area (Å²) in [6.45, 7) is 1.49. The van der Waals surface area contributed by atoms with Crippen LogP contribution in [0.3, 0.4) is 0 Å². The summed E-state index contributed by atoms with van der Waals surface area (Å²) in [4.78, 5) is 16.8. The summed E-state index contributed by atoms with van der Waals surface area (Å²) < 4.78 is 0. The predicted octanol–water partition coefficient (Wildman–Crippen LogP) is 7.57. The van der Waals surface area contributed by atoms with E-state index < -0.39 is 0 Å². The van der Waals surface area contributed by atoms with Crippen molar-refractivity contribution in [3.05, 3.63) is 110 Å². The average Bonchev–Trinajstić information content (AvgIpc) is 2.93. The maximum Gasteiger partial charge on any atom is 0.0634 e. The number of fused-ring (bicyclic) bond motifs is 3. The van der Waals surface area contributed by atoms with E-state index in [0.717, 1.165) is 74.0 Å². The van der Waals surface area contributed by atoms with Crippen molar-refractivity contribution in [2.45, 2.75) is 51.5 Å². The topological polar surface area (TPSA) is 50.2 Å². The Morgan fingerprint density at radius 3 is 2.42 bits per heavy atom. The van der Waals surface area contributed by atoms with Gasteiger partial charge >= 0.3 is 0 Å². The van der Waals surface area contributed by atoms with Crippen molar-refractivity contribution in [2.24, 2.45) is 4.99 Å². The number of pyridine rings is 2. The van der Waals surface area contributed by atoms with Gasteiger partial charge in [-0.05, 0) is 95.6 Å². The molecule has 0 saturated heterocycles. The fourth-order valence-corrected chi connectivity index (χ4v) is 6.64. The molecule has 1 aromatic carbocycles. The molecule has 0 aliphatic carbocycles. The van der Waals surface area contributed by atoms with Crippen molar-refractivity contribution in [3.63, 3.8) is 0 Å². The third kappa shape index (κ3) is 6.68. The van der Waals surface area contributed by atoms with E-state index in [4.69, 9.17) is 9.98 Å². The number of hydrogen-bond donors (Lipinski definition) is 1. The molecule has 4 heterocycles. The van der Waals surface area contributed by atoms with E-state index in [1.165, 1.54) is 20.9 Å². The lowest BCUT2D eigenvalue weighted by atomic mass is 9.97. The molecule has 3 aromatic rings. The number of allylic oxidation sites excluding steroid dienone is 1. The van der Waals surface area contributed by atoms with Crippen molar-refractivity contribution in [1.29, 1.82) is 0 Å². The van der Waals surface area contributed by atoms with E-state index in [2.05, 4.69) is 51.4 Å². The Bertz CT molecular complexity index is 1270. The van der Waals surface area contributed by atoms with Gasteiger partial charge in [0.25, 0.3) is 0 Å². The van der Waals surface area contributed by atoms with Gasteiger partial charge in [-0.2, -0.15) is 0 Å². The number of thioether (sulfide) groups is 2. The standard InChI is InChI=1S/C30H32N4S2/c1-2-8-24-11-12-29-30(36-19-18-35-29)14-17-32-20-25-13-16-31-21-26(25)22-34-28-10-5-15-33-27(28)9-4-3-7-23(24)6-1/h1-2,5-6,8,10,13,15-16,18-21,34H,3-4,7,9,11-12,14,17,22H2/b32-20+. The number of anilines is 1. The van der Waals surface area contributed by atoms with E-state index in [0.29, 0.717) is 6.54 Å². The van der Waals surface area contributed by atoms with Crippen molar-refractivity contribution in [2.75, 3.05) is 11.9 Å². The second-order valence-corrected chi connectivity index (χ2v) is 11.0. The lowest BCUT2D eigenvalue weighted by Gasteiger charge is -2.16. The van der Waals surface area contributed by atoms with Crippen LogP contribution in [0.1, 0.15) is 53.6 Å². The van der Waals surface area contributed by atoms with Crippen LogP contribution in [0.25, 0.3) is 0 Å². The van der Waals surface area contributed by atoms with Gasteiger partial charge in [0.05, 0.1) is 11.4 Å². The molecule has 0 saturated carbocycles. The molecule has 4 nitrogen and oxygen atoms in total. The highest BCUT2D eigenvalue weighted by molar-refractivity contribution is 8.12. The molecule has 36 heavy (non-hydrogen) atoms. The molecule has 1 N–H and O–H groups in total. The summed E-state index contributed by atoms with van der Waals surface area (Å²) >= 11 is 3.75. The first-order valence-electron chi connectivity index (χ1n) is 12.7. The number of nitrogens with one attached hydrogen (secondary N) is 1. The van der Waals surface area contributed by atoms with Crippen LogP contribution in [-0.4, -0.2) is 22.7 Å². The number of nitrogens with zero attached hydrogens (tertiary/aromatic N) is 3. The van der Waals surface area contributed by atoms with Gasteiger partial charge in [0, 0.05) is 48.4 Å². The third-order valence-corrected chi connectivity index (χ3v) is 8.95. The van der Waals surface area contributed by atoms with E-state index in [9.17, 15) is 0 Å². The third-order valence-electron chi connectivity index (χ3n) is 6.64. The van der Waals surface area contributed by atoms with E-state index >= 15 is 0 Å². The fraction of sp³-hybridized carbons (Fsp3) is 0.300. The molecule has 184 valence electrons. The quantitative estimate of drug-likeness (QED) is 0.337. The highest BCUT2D eigenvalue weighted by Crippen LogP contribution is 2.39. The Morgan fingerprint density at radius 2 is 1.53 bits per heavy atom. The molecule has 6 heteroatoms. The van der Waals surface area contributed by atoms with Crippen molar-refractivity contribution < 1.29 is 0 Å². The molecular formula is C30H32N4S2. The zero-order valence-electron chi connectivity index (χ0n) is 20.5. The van der Waals surface area contributed by atoms with E-state index in [1.54, 1.807) is 0 Å². The number of aryl methyl sites for hydroxylation is 3. The zero-order valence-corrected chi connectivity index (χ0v) is 22.2. The van der Waals surface area contributed by atoms with Crippen LogP contribution in [0.2, 0.25) is 0 Å². The smallest absolute Gasteiger partial charge is 0.0634 e. The molecule has 2 aliphatic rings. The Morgan fingerprint density at radius 1 is 0.722 bits per heavy atom. The largest absolute Gasteiger partial charge is 0.379 e. The van der Waals surface area contributed by atoms with Gasteiger partial charge in [0.1, 0.15) is 0 Å². The zero-order chi connectivity index (χ0) is 24.4. The Kier molecular flexibility index (Phi) is 8.92. The lowest BCUT2D eigenvalue weighted by molar-refractivity contribution is 0.718. The summed E-state index contributed by atoms with van der Waals surface area (Å²) in [5.74, 6) is 0. The SMILES string of the molecule is C1=CSC2=C(CC/N=C/c3ccncc3CNc3cccnc3CCCCc3ccccc3CC2)S1. The van der Waals surface area contributed by atoms with Crippen molar-refractivity contribution in [3.8, 4) is 0 Å². The number of hydrogen-bond acceptors (Lipinski definition) is 6. The van der Waals surface area contributed by atoms with Crippen LogP contribution >= 0.6 is 23.5 Å². The Labute approximate surface area is 222 Å².